The molecule has 1 aromatic heterocycles. The van der Waals surface area contributed by atoms with Crippen LogP contribution in [0.1, 0.15) is 74.6 Å². The van der Waals surface area contributed by atoms with Gasteiger partial charge in [-0.05, 0) is 40.0 Å². The Morgan fingerprint density at radius 3 is 2.64 bits per heavy atom. The molecule has 2 rings (SSSR count). The largest absolute Gasteiger partial charge is 0.301 e. The molecule has 6 nitrogen and oxygen atoms in total. The molecule has 1 aliphatic heterocycles. The Bertz CT molecular complexity index is 648. The second-order valence-corrected chi connectivity index (χ2v) is 6.72. The first-order valence-corrected chi connectivity index (χ1v) is 9.37. The molecule has 1 aliphatic rings. The van der Waals surface area contributed by atoms with E-state index in [2.05, 4.69) is 10.2 Å². The number of aryl methyl sites for hydroxylation is 2. The van der Waals surface area contributed by atoms with Crippen LogP contribution in [0.25, 0.3) is 0 Å². The highest BCUT2D eigenvalue weighted by Gasteiger charge is 2.23. The van der Waals surface area contributed by atoms with Gasteiger partial charge in [0.1, 0.15) is 18.0 Å². The molecule has 1 unspecified atom stereocenters. The molecule has 25 heavy (non-hydrogen) atoms. The molecular weight excluding hydrogens is 316 g/mol. The highest BCUT2D eigenvalue weighted by Crippen LogP contribution is 2.20. The summed E-state index contributed by atoms with van der Waals surface area (Å²) in [6.45, 7) is 9.42. The van der Waals surface area contributed by atoms with E-state index in [1.807, 2.05) is 37.4 Å². The summed E-state index contributed by atoms with van der Waals surface area (Å²) in [5.41, 5.74) is 3.90. The van der Waals surface area contributed by atoms with Crippen LogP contribution in [0.3, 0.4) is 0 Å². The van der Waals surface area contributed by atoms with Crippen molar-refractivity contribution < 1.29 is 9.59 Å². The molecule has 0 saturated heterocycles. The number of nitrogens with zero attached hydrogens (tertiary/aromatic N) is 4. The van der Waals surface area contributed by atoms with Crippen molar-refractivity contribution in [3.63, 3.8) is 0 Å². The third-order valence-corrected chi connectivity index (χ3v) is 4.79. The second kappa shape index (κ2) is 8.92. The maximum atomic E-state index is 12.3. The highest BCUT2D eigenvalue weighted by molar-refractivity contribution is 5.96. The lowest BCUT2D eigenvalue weighted by molar-refractivity contribution is -0.111. The third-order valence-electron chi connectivity index (χ3n) is 4.79. The molecule has 2 heterocycles. The summed E-state index contributed by atoms with van der Waals surface area (Å²) in [4.78, 5) is 23.4. The summed E-state index contributed by atoms with van der Waals surface area (Å²) in [6.07, 6.45) is 6.20. The maximum absolute atomic E-state index is 12.3. The van der Waals surface area contributed by atoms with Gasteiger partial charge < -0.3 is 4.79 Å². The van der Waals surface area contributed by atoms with Crippen LogP contribution in [0.15, 0.2) is 5.10 Å². The summed E-state index contributed by atoms with van der Waals surface area (Å²) in [5, 5.41) is 10.9. The average molecular weight is 346 g/mol. The van der Waals surface area contributed by atoms with E-state index in [4.69, 9.17) is 0 Å². The van der Waals surface area contributed by atoms with Crippen LogP contribution in [0.4, 0.5) is 0 Å². The van der Waals surface area contributed by atoms with Gasteiger partial charge in [0.2, 0.25) is 0 Å². The van der Waals surface area contributed by atoms with Gasteiger partial charge in [-0.1, -0.05) is 13.3 Å². The number of hydrogen-bond acceptors (Lipinski definition) is 5. The minimum absolute atomic E-state index is 0.0844. The van der Waals surface area contributed by atoms with Gasteiger partial charge in [-0.3, -0.25) is 14.5 Å². The van der Waals surface area contributed by atoms with Crippen molar-refractivity contribution in [3.8, 4) is 0 Å². The molecule has 1 aromatic rings. The van der Waals surface area contributed by atoms with Crippen LogP contribution in [0.5, 0.6) is 0 Å². The molecule has 0 N–H and O–H groups in total. The van der Waals surface area contributed by atoms with E-state index in [0.717, 1.165) is 74.1 Å². The number of rotatable bonds is 10. The second-order valence-electron chi connectivity index (χ2n) is 6.72. The Hall–Kier alpha value is -1.98. The predicted octanol–water partition coefficient (Wildman–Crippen LogP) is 3.17. The van der Waals surface area contributed by atoms with Crippen molar-refractivity contribution in [1.82, 2.24) is 14.8 Å². The number of hydrogen-bond donors (Lipinski definition) is 0. The third kappa shape index (κ3) is 4.55. The quantitative estimate of drug-likeness (QED) is 0.371. The van der Waals surface area contributed by atoms with E-state index in [0.29, 0.717) is 6.42 Å². The molecule has 1 atom stereocenters. The van der Waals surface area contributed by atoms with Crippen LogP contribution in [-0.2, 0) is 17.8 Å². The number of carbonyl (C=O) groups is 2. The number of aldehydes is 1. The van der Waals surface area contributed by atoms with E-state index in [-0.39, 0.29) is 11.8 Å². The van der Waals surface area contributed by atoms with Gasteiger partial charge in [-0.15, -0.1) is 0 Å². The zero-order valence-electron chi connectivity index (χ0n) is 15.9. The van der Waals surface area contributed by atoms with Crippen molar-refractivity contribution in [2.45, 2.75) is 78.8 Å². The first-order valence-electron chi connectivity index (χ1n) is 9.37. The molecule has 0 bridgehead atoms. The van der Waals surface area contributed by atoms with E-state index >= 15 is 0 Å². The normalized spacial score (nSPS) is 17.0. The Kier molecular flexibility index (Phi) is 6.91. The zero-order chi connectivity index (χ0) is 18.4. The van der Waals surface area contributed by atoms with E-state index < -0.39 is 0 Å². The van der Waals surface area contributed by atoms with Crippen molar-refractivity contribution in [2.24, 2.45) is 5.10 Å². The van der Waals surface area contributed by atoms with E-state index in [9.17, 15) is 9.59 Å². The van der Waals surface area contributed by atoms with E-state index in [1.165, 1.54) is 0 Å². The molecule has 0 fully saturated rings. The minimum atomic E-state index is -0.0844. The lowest BCUT2D eigenvalue weighted by Crippen LogP contribution is -2.28. The molecule has 6 heteroatoms. The lowest BCUT2D eigenvalue weighted by Gasteiger charge is -2.18. The molecule has 0 aliphatic carbocycles. The SMILES string of the molecule is CCC(=O)c1c(CCCCCN2N=C(C)CC2C=O)c(C)nn1CC. The Morgan fingerprint density at radius 1 is 1.24 bits per heavy atom. The highest BCUT2D eigenvalue weighted by atomic mass is 16.1. The van der Waals surface area contributed by atoms with Crippen LogP contribution in [0.2, 0.25) is 0 Å². The summed E-state index contributed by atoms with van der Waals surface area (Å²) in [6, 6.07) is -0.0844. The topological polar surface area (TPSA) is 67.6 Å². The standard InChI is InChI=1S/C19H30N4O2/c1-5-18(25)19-17(15(4)21-22(19)6-2)10-8-7-9-11-23-16(13-24)12-14(3)20-23/h13,16H,5-12H2,1-4H3. The molecule has 0 saturated carbocycles. The van der Waals surface area contributed by atoms with Gasteiger partial charge in [0, 0.05) is 37.2 Å². The number of hydrazone groups is 1. The van der Waals surface area contributed by atoms with Gasteiger partial charge in [-0.25, -0.2) is 0 Å². The molecule has 138 valence electrons. The number of ketones is 1. The fourth-order valence-electron chi connectivity index (χ4n) is 3.46. The molecule has 0 amide bonds. The molecule has 0 aromatic carbocycles. The van der Waals surface area contributed by atoms with Crippen LogP contribution in [-0.4, -0.2) is 45.2 Å². The maximum Gasteiger partial charge on any atom is 0.180 e. The zero-order valence-corrected chi connectivity index (χ0v) is 15.9. The summed E-state index contributed by atoms with van der Waals surface area (Å²) in [5.74, 6) is 0.174. The van der Waals surface area contributed by atoms with Crippen LogP contribution in [0, 0.1) is 6.92 Å². The van der Waals surface area contributed by atoms with Crippen LogP contribution >= 0.6 is 0 Å². The lowest BCUT2D eigenvalue weighted by atomic mass is 10.0. The predicted molar refractivity (Wildman–Crippen MR) is 99.1 cm³/mol. The fourth-order valence-corrected chi connectivity index (χ4v) is 3.46. The first-order chi connectivity index (χ1) is 12.0. The van der Waals surface area contributed by atoms with Gasteiger partial charge in [0.05, 0.1) is 5.69 Å². The number of aromatic nitrogens is 2. The van der Waals surface area contributed by atoms with Crippen molar-refractivity contribution in [3.05, 3.63) is 17.0 Å². The van der Waals surface area contributed by atoms with Gasteiger partial charge in [0.25, 0.3) is 0 Å². The summed E-state index contributed by atoms with van der Waals surface area (Å²) in [7, 11) is 0. The van der Waals surface area contributed by atoms with Crippen molar-refractivity contribution in [2.75, 3.05) is 6.54 Å². The Labute approximate surface area is 150 Å². The monoisotopic (exact) mass is 346 g/mol. The summed E-state index contributed by atoms with van der Waals surface area (Å²) < 4.78 is 1.84. The fraction of sp³-hybridized carbons (Fsp3) is 0.684. The smallest absolute Gasteiger partial charge is 0.180 e. The number of carbonyl (C=O) groups excluding carboxylic acids is 2. The summed E-state index contributed by atoms with van der Waals surface area (Å²) >= 11 is 0. The first kappa shape index (κ1) is 19.3. The van der Waals surface area contributed by atoms with Crippen LogP contribution < -0.4 is 0 Å². The average Bonchev–Trinajstić information content (AvgIpc) is 3.13. The number of unbranched alkanes of at least 4 members (excludes halogenated alkanes) is 2. The number of Topliss-reactive ketones (excluding diaryl/α,β-unsaturated/α-hetero) is 1. The Balaban J connectivity index is 1.87. The molecule has 0 spiro atoms. The van der Waals surface area contributed by atoms with Crippen molar-refractivity contribution in [1.29, 1.82) is 0 Å². The van der Waals surface area contributed by atoms with Crippen molar-refractivity contribution >= 4 is 17.8 Å². The minimum Gasteiger partial charge on any atom is -0.301 e. The van der Waals surface area contributed by atoms with Gasteiger partial charge in [-0.2, -0.15) is 10.2 Å². The van der Waals surface area contributed by atoms with E-state index in [1.54, 1.807) is 0 Å². The molecule has 0 radical (unpaired) electrons. The van der Waals surface area contributed by atoms with Gasteiger partial charge >= 0.3 is 0 Å². The molecular formula is C19H30N4O2. The Morgan fingerprint density at radius 2 is 2.00 bits per heavy atom. The van der Waals surface area contributed by atoms with Gasteiger partial charge in [0.15, 0.2) is 5.78 Å².